The van der Waals surface area contributed by atoms with E-state index in [-0.39, 0.29) is 17.5 Å². The van der Waals surface area contributed by atoms with Gasteiger partial charge in [-0.05, 0) is 36.8 Å². The van der Waals surface area contributed by atoms with E-state index in [1.807, 2.05) is 0 Å². The summed E-state index contributed by atoms with van der Waals surface area (Å²) in [6.45, 7) is 2.00. The number of nitrogen functional groups attached to an aromatic ring is 1. The highest BCUT2D eigenvalue weighted by Gasteiger charge is 2.29. The first-order valence-corrected chi connectivity index (χ1v) is 9.83. The number of nitrogens with two attached hydrogens (primary N) is 1. The van der Waals surface area contributed by atoms with Gasteiger partial charge in [0.1, 0.15) is 0 Å². The van der Waals surface area contributed by atoms with Crippen molar-refractivity contribution in [1.29, 1.82) is 0 Å². The van der Waals surface area contributed by atoms with Crippen LogP contribution in [0.4, 0.5) is 11.4 Å². The maximum Gasteiger partial charge on any atom is 0.255 e. The van der Waals surface area contributed by atoms with Gasteiger partial charge in [-0.15, -0.1) is 0 Å². The average molecular weight is 411 g/mol. The number of fused-ring (bicyclic) bond motifs is 1. The number of hydrogen-bond acceptors (Lipinski definition) is 5. The number of Topliss-reactive ketones (excluding diaryl/α,β-unsaturated/α-hetero) is 2. The van der Waals surface area contributed by atoms with E-state index >= 15 is 0 Å². The third kappa shape index (κ3) is 3.96. The monoisotopic (exact) mass is 411 g/mol. The van der Waals surface area contributed by atoms with Gasteiger partial charge < -0.3 is 16.4 Å². The standard InChI is InChI=1S/C25H21N3O3/c1-15-22(24(30)19-7-3-2-6-18(19)23(15)29)27-14-16-10-12-17(13-11-16)25(31)28-21-9-5-4-8-20(21)26/h2-13,27H,14,26H2,1H3,(H,28,31). The topological polar surface area (TPSA) is 101 Å². The fraction of sp³-hybridized carbons (Fsp3) is 0.0800. The minimum absolute atomic E-state index is 0.148. The second-order valence-electron chi connectivity index (χ2n) is 7.30. The number of nitrogens with one attached hydrogen (secondary N) is 2. The van der Waals surface area contributed by atoms with E-state index in [1.165, 1.54) is 0 Å². The van der Waals surface area contributed by atoms with Crippen molar-refractivity contribution in [3.05, 3.63) is 106 Å². The van der Waals surface area contributed by atoms with Crippen LogP contribution in [-0.2, 0) is 6.54 Å². The molecule has 0 fully saturated rings. The predicted octanol–water partition coefficient (Wildman–Crippen LogP) is 3.96. The van der Waals surface area contributed by atoms with E-state index in [0.717, 1.165) is 5.56 Å². The molecule has 4 N–H and O–H groups in total. The number of carbonyl (C=O) groups excluding carboxylic acids is 3. The summed E-state index contributed by atoms with van der Waals surface area (Å²) in [7, 11) is 0. The molecule has 1 aliphatic carbocycles. The first-order chi connectivity index (χ1) is 15.0. The van der Waals surface area contributed by atoms with Crippen molar-refractivity contribution in [3.63, 3.8) is 0 Å². The molecule has 0 atom stereocenters. The number of anilines is 2. The Bertz CT molecular complexity index is 1230. The van der Waals surface area contributed by atoms with Gasteiger partial charge in [-0.2, -0.15) is 0 Å². The summed E-state index contributed by atoms with van der Waals surface area (Å²) in [4.78, 5) is 37.8. The number of hydrogen-bond donors (Lipinski definition) is 3. The summed E-state index contributed by atoms with van der Waals surface area (Å²) in [5, 5.41) is 5.88. The van der Waals surface area contributed by atoms with Crippen molar-refractivity contribution in [2.75, 3.05) is 11.1 Å². The van der Waals surface area contributed by atoms with Crippen LogP contribution in [0.1, 0.15) is 43.6 Å². The van der Waals surface area contributed by atoms with E-state index in [2.05, 4.69) is 10.6 Å². The largest absolute Gasteiger partial charge is 0.397 e. The van der Waals surface area contributed by atoms with Gasteiger partial charge in [0.2, 0.25) is 5.78 Å². The maximum absolute atomic E-state index is 12.8. The number of carbonyl (C=O) groups is 3. The first-order valence-electron chi connectivity index (χ1n) is 9.83. The van der Waals surface area contributed by atoms with Gasteiger partial charge in [0.25, 0.3) is 5.91 Å². The van der Waals surface area contributed by atoms with Crippen LogP contribution in [0, 0.1) is 0 Å². The minimum Gasteiger partial charge on any atom is -0.397 e. The summed E-state index contributed by atoms with van der Waals surface area (Å²) in [6, 6.07) is 20.9. The van der Waals surface area contributed by atoms with Gasteiger partial charge in [0.05, 0.1) is 17.1 Å². The van der Waals surface area contributed by atoms with Crippen LogP contribution in [0.5, 0.6) is 0 Å². The van der Waals surface area contributed by atoms with Crippen molar-refractivity contribution < 1.29 is 14.4 Å². The zero-order chi connectivity index (χ0) is 22.0. The van der Waals surface area contributed by atoms with Crippen LogP contribution in [0.3, 0.4) is 0 Å². The summed E-state index contributed by atoms with van der Waals surface area (Å²) >= 11 is 0. The molecule has 0 heterocycles. The second-order valence-corrected chi connectivity index (χ2v) is 7.30. The second kappa shape index (κ2) is 8.28. The number of amides is 1. The van der Waals surface area contributed by atoms with Gasteiger partial charge in [0, 0.05) is 28.8 Å². The van der Waals surface area contributed by atoms with Crippen LogP contribution >= 0.6 is 0 Å². The van der Waals surface area contributed by atoms with Crippen molar-refractivity contribution in [2.45, 2.75) is 13.5 Å². The summed E-state index contributed by atoms with van der Waals surface area (Å²) < 4.78 is 0. The lowest BCUT2D eigenvalue weighted by molar-refractivity contribution is 0.0968. The molecule has 31 heavy (non-hydrogen) atoms. The van der Waals surface area contributed by atoms with Crippen LogP contribution in [0.2, 0.25) is 0 Å². The van der Waals surface area contributed by atoms with E-state index in [4.69, 9.17) is 5.73 Å². The molecule has 1 aliphatic rings. The number of para-hydroxylation sites is 2. The third-order valence-electron chi connectivity index (χ3n) is 5.25. The van der Waals surface area contributed by atoms with Gasteiger partial charge in [-0.25, -0.2) is 0 Å². The Balaban J connectivity index is 1.45. The number of rotatable bonds is 5. The number of ketones is 2. The maximum atomic E-state index is 12.8. The Labute approximate surface area is 179 Å². The van der Waals surface area contributed by atoms with Crippen LogP contribution in [0.15, 0.2) is 84.1 Å². The molecule has 0 radical (unpaired) electrons. The van der Waals surface area contributed by atoms with E-state index in [0.29, 0.717) is 45.9 Å². The highest BCUT2D eigenvalue weighted by atomic mass is 16.2. The molecular formula is C25H21N3O3. The molecule has 0 aliphatic heterocycles. The quantitative estimate of drug-likeness (QED) is 0.552. The fourth-order valence-corrected chi connectivity index (χ4v) is 3.48. The van der Waals surface area contributed by atoms with Crippen LogP contribution in [0.25, 0.3) is 0 Å². The van der Waals surface area contributed by atoms with E-state index in [9.17, 15) is 14.4 Å². The summed E-state index contributed by atoms with van der Waals surface area (Å²) in [5.41, 5.74) is 9.83. The molecule has 3 aromatic carbocycles. The molecule has 0 bridgehead atoms. The molecule has 0 aromatic heterocycles. The van der Waals surface area contributed by atoms with Crippen molar-refractivity contribution in [3.8, 4) is 0 Å². The molecule has 0 unspecified atom stereocenters. The summed E-state index contributed by atoms with van der Waals surface area (Å²) in [5.74, 6) is -0.602. The van der Waals surface area contributed by atoms with Gasteiger partial charge in [-0.1, -0.05) is 48.5 Å². The molecule has 0 spiro atoms. The molecule has 154 valence electrons. The highest BCUT2D eigenvalue weighted by Crippen LogP contribution is 2.25. The van der Waals surface area contributed by atoms with Crippen LogP contribution in [-0.4, -0.2) is 17.5 Å². The Morgan fingerprint density at radius 1 is 0.839 bits per heavy atom. The van der Waals surface area contributed by atoms with Gasteiger partial charge in [-0.3, -0.25) is 14.4 Å². The molecule has 4 rings (SSSR count). The molecule has 0 saturated carbocycles. The smallest absolute Gasteiger partial charge is 0.255 e. The van der Waals surface area contributed by atoms with Crippen molar-refractivity contribution in [1.82, 2.24) is 5.32 Å². The lowest BCUT2D eigenvalue weighted by Crippen LogP contribution is -2.29. The molecule has 0 saturated heterocycles. The zero-order valence-electron chi connectivity index (χ0n) is 16.9. The van der Waals surface area contributed by atoms with Crippen LogP contribution < -0.4 is 16.4 Å². The summed E-state index contributed by atoms with van der Waals surface area (Å²) in [6.07, 6.45) is 0. The Morgan fingerprint density at radius 3 is 2.13 bits per heavy atom. The Kier molecular flexibility index (Phi) is 5.37. The number of benzene rings is 3. The third-order valence-corrected chi connectivity index (χ3v) is 5.25. The zero-order valence-corrected chi connectivity index (χ0v) is 16.9. The fourth-order valence-electron chi connectivity index (χ4n) is 3.48. The lowest BCUT2D eigenvalue weighted by atomic mass is 9.88. The molecule has 1 amide bonds. The van der Waals surface area contributed by atoms with E-state index in [1.54, 1.807) is 79.7 Å². The van der Waals surface area contributed by atoms with Gasteiger partial charge >= 0.3 is 0 Å². The normalized spacial score (nSPS) is 13.1. The average Bonchev–Trinajstić information content (AvgIpc) is 2.79. The lowest BCUT2D eigenvalue weighted by Gasteiger charge is -2.20. The Morgan fingerprint density at radius 2 is 1.45 bits per heavy atom. The van der Waals surface area contributed by atoms with Crippen molar-refractivity contribution >= 4 is 28.8 Å². The molecular weight excluding hydrogens is 390 g/mol. The predicted molar refractivity (Wildman–Crippen MR) is 120 cm³/mol. The molecule has 6 heteroatoms. The van der Waals surface area contributed by atoms with Gasteiger partial charge in [0.15, 0.2) is 5.78 Å². The Hall–Kier alpha value is -4.19. The highest BCUT2D eigenvalue weighted by molar-refractivity contribution is 6.26. The first kappa shape index (κ1) is 20.1. The molecule has 6 nitrogen and oxygen atoms in total. The van der Waals surface area contributed by atoms with E-state index < -0.39 is 0 Å². The molecule has 3 aromatic rings. The van der Waals surface area contributed by atoms with Crippen molar-refractivity contribution in [2.24, 2.45) is 0 Å². The SMILES string of the molecule is CC1=C(NCc2ccc(C(=O)Nc3ccccc3N)cc2)C(=O)c2ccccc2C1=O. The minimum atomic E-state index is -0.263. The number of allylic oxidation sites excluding steroid dienone is 2.